The second kappa shape index (κ2) is 9.60. The number of carbonyl (C=O) groups excluding carboxylic acids is 2. The zero-order chi connectivity index (χ0) is 20.8. The Morgan fingerprint density at radius 3 is 2.55 bits per heavy atom. The molecule has 154 valence electrons. The maximum atomic E-state index is 12.5. The minimum absolute atomic E-state index is 0.0869. The predicted molar refractivity (Wildman–Crippen MR) is 111 cm³/mol. The maximum absolute atomic E-state index is 12.5. The molecule has 1 aromatic heterocycles. The Morgan fingerprint density at radius 1 is 1.17 bits per heavy atom. The average Bonchev–Trinajstić information content (AvgIpc) is 2.65. The van der Waals surface area contributed by atoms with Crippen molar-refractivity contribution in [1.82, 2.24) is 25.5 Å². The van der Waals surface area contributed by atoms with Gasteiger partial charge in [0, 0.05) is 44.0 Å². The predicted octanol–water partition coefficient (Wildman–Crippen LogP) is 1.45. The summed E-state index contributed by atoms with van der Waals surface area (Å²) in [6, 6.07) is 9.74. The van der Waals surface area contributed by atoms with E-state index in [1.807, 2.05) is 26.8 Å². The van der Waals surface area contributed by atoms with Gasteiger partial charge in [0.25, 0.3) is 0 Å². The first-order chi connectivity index (χ1) is 13.9. The Labute approximate surface area is 171 Å². The molecule has 1 aliphatic rings. The highest BCUT2D eigenvalue weighted by Gasteiger charge is 2.31. The lowest BCUT2D eigenvalue weighted by atomic mass is 10.1. The molecule has 3 rings (SSSR count). The number of aromatic nitrogens is 2. The number of hydrogen-bond acceptors (Lipinski definition) is 5. The summed E-state index contributed by atoms with van der Waals surface area (Å²) in [7, 11) is 0. The lowest BCUT2D eigenvalue weighted by molar-refractivity contribution is -0.134. The van der Waals surface area contributed by atoms with Gasteiger partial charge in [0.15, 0.2) is 0 Å². The van der Waals surface area contributed by atoms with Gasteiger partial charge in [0.05, 0.1) is 12.5 Å². The van der Waals surface area contributed by atoms with Crippen LogP contribution < -0.4 is 10.6 Å². The number of amides is 2. The van der Waals surface area contributed by atoms with Crippen LogP contribution >= 0.6 is 0 Å². The number of nitrogens with one attached hydrogen (secondary N) is 2. The van der Waals surface area contributed by atoms with Gasteiger partial charge < -0.3 is 10.6 Å². The van der Waals surface area contributed by atoms with Gasteiger partial charge in [-0.3, -0.25) is 14.5 Å². The quantitative estimate of drug-likeness (QED) is 0.741. The molecule has 2 heterocycles. The van der Waals surface area contributed by atoms with Crippen LogP contribution in [0.2, 0.25) is 0 Å². The van der Waals surface area contributed by atoms with E-state index < -0.39 is 6.04 Å². The monoisotopic (exact) mass is 395 g/mol. The Hall–Kier alpha value is -2.80. The number of rotatable bonds is 7. The molecule has 2 amide bonds. The smallest absolute Gasteiger partial charge is 0.237 e. The maximum Gasteiger partial charge on any atom is 0.237 e. The summed E-state index contributed by atoms with van der Waals surface area (Å²) < 4.78 is 0. The summed E-state index contributed by atoms with van der Waals surface area (Å²) in [6.07, 6.45) is 0.712. The molecule has 0 saturated carbocycles. The van der Waals surface area contributed by atoms with Crippen LogP contribution in [0.25, 0.3) is 0 Å². The van der Waals surface area contributed by atoms with Gasteiger partial charge in [0.1, 0.15) is 5.82 Å². The van der Waals surface area contributed by atoms with E-state index in [1.54, 1.807) is 0 Å². The molecule has 0 bridgehead atoms. The SMILES string of the molecule is Cc1ccc(CN2CCNC(=O)C2CC(=O)NCCc2nc(C)cc(C)n2)cc1. The summed E-state index contributed by atoms with van der Waals surface area (Å²) in [5.74, 6) is 0.501. The highest BCUT2D eigenvalue weighted by molar-refractivity contribution is 5.88. The standard InChI is InChI=1S/C22H29N5O2/c1-15-4-6-18(7-5-15)14-27-11-10-24-22(29)19(27)13-21(28)23-9-8-20-25-16(2)12-17(3)26-20/h4-7,12,19H,8-11,13-14H2,1-3H3,(H,23,28)(H,24,29). The van der Waals surface area contributed by atoms with E-state index in [4.69, 9.17) is 0 Å². The number of nitrogens with zero attached hydrogens (tertiary/aromatic N) is 3. The number of aryl methyl sites for hydroxylation is 3. The van der Waals surface area contributed by atoms with Crippen LogP contribution in [-0.2, 0) is 22.6 Å². The highest BCUT2D eigenvalue weighted by atomic mass is 16.2. The van der Waals surface area contributed by atoms with Crippen LogP contribution in [-0.4, -0.2) is 52.4 Å². The number of piperazine rings is 1. The third-order valence-electron chi connectivity index (χ3n) is 5.03. The van der Waals surface area contributed by atoms with Gasteiger partial charge in [-0.05, 0) is 32.4 Å². The van der Waals surface area contributed by atoms with Crippen LogP contribution in [0.15, 0.2) is 30.3 Å². The molecule has 1 atom stereocenters. The molecule has 7 nitrogen and oxygen atoms in total. The number of benzene rings is 1. The first kappa shape index (κ1) is 20.9. The lowest BCUT2D eigenvalue weighted by Crippen LogP contribution is -2.56. The van der Waals surface area contributed by atoms with Gasteiger partial charge in [-0.15, -0.1) is 0 Å². The summed E-state index contributed by atoms with van der Waals surface area (Å²) in [5, 5.41) is 5.78. The number of hydrogen-bond donors (Lipinski definition) is 2. The normalized spacial score (nSPS) is 17.1. The van der Waals surface area contributed by atoms with Crippen LogP contribution in [0.1, 0.15) is 34.8 Å². The van der Waals surface area contributed by atoms with E-state index in [0.29, 0.717) is 26.1 Å². The summed E-state index contributed by atoms with van der Waals surface area (Å²) in [6.45, 7) is 8.35. The van der Waals surface area contributed by atoms with Crippen LogP contribution in [0.4, 0.5) is 0 Å². The zero-order valence-corrected chi connectivity index (χ0v) is 17.4. The van der Waals surface area contributed by atoms with Crippen LogP contribution in [0, 0.1) is 20.8 Å². The third-order valence-corrected chi connectivity index (χ3v) is 5.03. The van der Waals surface area contributed by atoms with E-state index in [-0.39, 0.29) is 18.2 Å². The molecule has 29 heavy (non-hydrogen) atoms. The molecule has 2 aromatic rings. The fraction of sp³-hybridized carbons (Fsp3) is 0.455. The molecule has 1 fully saturated rings. The Bertz CT molecular complexity index is 846. The zero-order valence-electron chi connectivity index (χ0n) is 17.4. The Morgan fingerprint density at radius 2 is 1.86 bits per heavy atom. The van der Waals surface area contributed by atoms with Crippen molar-refractivity contribution in [2.45, 2.75) is 46.2 Å². The average molecular weight is 396 g/mol. The number of carbonyl (C=O) groups is 2. The molecule has 0 aliphatic carbocycles. The van der Waals surface area contributed by atoms with Crippen molar-refractivity contribution in [3.8, 4) is 0 Å². The van der Waals surface area contributed by atoms with E-state index >= 15 is 0 Å². The summed E-state index contributed by atoms with van der Waals surface area (Å²) >= 11 is 0. The molecule has 1 unspecified atom stereocenters. The molecule has 1 aliphatic heterocycles. The fourth-order valence-corrected chi connectivity index (χ4v) is 3.57. The fourth-order valence-electron chi connectivity index (χ4n) is 3.57. The van der Waals surface area contributed by atoms with E-state index in [2.05, 4.69) is 49.8 Å². The van der Waals surface area contributed by atoms with E-state index in [9.17, 15) is 9.59 Å². The van der Waals surface area contributed by atoms with Crippen molar-refractivity contribution in [2.24, 2.45) is 0 Å². The second-order valence-electron chi connectivity index (χ2n) is 7.63. The van der Waals surface area contributed by atoms with Crippen LogP contribution in [0.5, 0.6) is 0 Å². The van der Waals surface area contributed by atoms with Crippen molar-refractivity contribution < 1.29 is 9.59 Å². The van der Waals surface area contributed by atoms with Crippen molar-refractivity contribution in [3.05, 3.63) is 58.7 Å². The highest BCUT2D eigenvalue weighted by Crippen LogP contribution is 2.14. The Balaban J connectivity index is 1.54. The van der Waals surface area contributed by atoms with Crippen molar-refractivity contribution in [1.29, 1.82) is 0 Å². The topological polar surface area (TPSA) is 87.2 Å². The van der Waals surface area contributed by atoms with Gasteiger partial charge in [-0.2, -0.15) is 0 Å². The van der Waals surface area contributed by atoms with E-state index in [1.165, 1.54) is 5.56 Å². The minimum Gasteiger partial charge on any atom is -0.356 e. The third kappa shape index (κ3) is 6.09. The minimum atomic E-state index is -0.456. The molecule has 0 radical (unpaired) electrons. The molecule has 1 aromatic carbocycles. The lowest BCUT2D eigenvalue weighted by Gasteiger charge is -2.34. The molecule has 0 spiro atoms. The van der Waals surface area contributed by atoms with Crippen molar-refractivity contribution >= 4 is 11.8 Å². The van der Waals surface area contributed by atoms with Crippen molar-refractivity contribution in [2.75, 3.05) is 19.6 Å². The van der Waals surface area contributed by atoms with E-state index in [0.717, 1.165) is 29.3 Å². The Kier molecular flexibility index (Phi) is 6.93. The first-order valence-corrected chi connectivity index (χ1v) is 10.1. The van der Waals surface area contributed by atoms with Gasteiger partial charge in [-0.25, -0.2) is 9.97 Å². The van der Waals surface area contributed by atoms with Crippen LogP contribution in [0.3, 0.4) is 0 Å². The second-order valence-corrected chi connectivity index (χ2v) is 7.63. The molecular formula is C22H29N5O2. The molecule has 1 saturated heterocycles. The van der Waals surface area contributed by atoms with Gasteiger partial charge >= 0.3 is 0 Å². The molecule has 2 N–H and O–H groups in total. The first-order valence-electron chi connectivity index (χ1n) is 10.1. The summed E-state index contributed by atoms with van der Waals surface area (Å²) in [4.78, 5) is 35.7. The van der Waals surface area contributed by atoms with Crippen molar-refractivity contribution in [3.63, 3.8) is 0 Å². The van der Waals surface area contributed by atoms with Gasteiger partial charge in [-0.1, -0.05) is 29.8 Å². The largest absolute Gasteiger partial charge is 0.356 e. The summed E-state index contributed by atoms with van der Waals surface area (Å²) in [5.41, 5.74) is 4.19. The molecule has 7 heteroatoms. The van der Waals surface area contributed by atoms with Gasteiger partial charge in [0.2, 0.25) is 11.8 Å². The molecular weight excluding hydrogens is 366 g/mol.